The van der Waals surface area contributed by atoms with Crippen molar-refractivity contribution in [3.63, 3.8) is 0 Å². The second-order valence-electron chi connectivity index (χ2n) is 13.0. The van der Waals surface area contributed by atoms with Gasteiger partial charge in [-0.25, -0.2) is 9.59 Å². The number of carbonyl (C=O) groups is 5. The molecule has 2 aromatic heterocycles. The van der Waals surface area contributed by atoms with Crippen LogP contribution in [-0.2, 0) is 32.0 Å². The first-order valence-corrected chi connectivity index (χ1v) is 18.8. The van der Waals surface area contributed by atoms with Crippen LogP contribution in [0.15, 0.2) is 88.0 Å². The minimum atomic E-state index is -0.652. The summed E-state index contributed by atoms with van der Waals surface area (Å²) in [5, 5.41) is 8.29. The number of nitrogens with zero attached hydrogens (tertiary/aromatic N) is 1. The van der Waals surface area contributed by atoms with Gasteiger partial charge in [0.15, 0.2) is 0 Å². The van der Waals surface area contributed by atoms with Gasteiger partial charge in [0.1, 0.15) is 22.1 Å². The Morgan fingerprint density at radius 3 is 2.45 bits per heavy atom. The molecule has 1 aliphatic heterocycles. The standard InChI is InChI=1S/C39H42N4O8S2/c1-6-30(35(46)42-36-32(37(47)49-7-2)28-18-19-43(23-31(28)53-36)38(48)51-39(3,4)5)52-27-17-11-15-25(21-27)40-34(45)29(22-26-16-12-20-50-26)41-33(44)24-13-9-8-10-14-24/h8-17,20-22,30H,6-7,18-19,23H2,1-5H3,(H,40,45)(H,41,44)(H,42,46)/b29-22-. The van der Waals surface area contributed by atoms with Crippen LogP contribution >= 0.6 is 23.1 Å². The summed E-state index contributed by atoms with van der Waals surface area (Å²) in [4.78, 5) is 69.2. The number of nitrogens with one attached hydrogen (secondary N) is 3. The van der Waals surface area contributed by atoms with Gasteiger partial charge in [-0.3, -0.25) is 14.4 Å². The summed E-state index contributed by atoms with van der Waals surface area (Å²) in [5.74, 6) is -1.50. The minimum Gasteiger partial charge on any atom is -0.465 e. The third-order valence-corrected chi connectivity index (χ3v) is 10.3. The maximum atomic E-state index is 13.8. The maximum absolute atomic E-state index is 13.8. The number of thioether (sulfide) groups is 1. The molecule has 0 spiro atoms. The molecule has 1 unspecified atom stereocenters. The van der Waals surface area contributed by atoms with Crippen LogP contribution in [0.25, 0.3) is 6.08 Å². The summed E-state index contributed by atoms with van der Waals surface area (Å²) in [6, 6.07) is 18.9. The number of carbonyl (C=O) groups excluding carboxylic acids is 5. The lowest BCUT2D eigenvalue weighted by Crippen LogP contribution is -2.39. The van der Waals surface area contributed by atoms with Gasteiger partial charge in [-0.05, 0) is 88.6 Å². The number of thiophene rings is 1. The first kappa shape index (κ1) is 38.9. The molecule has 14 heteroatoms. The van der Waals surface area contributed by atoms with Crippen LogP contribution in [0.3, 0.4) is 0 Å². The highest BCUT2D eigenvalue weighted by atomic mass is 32.2. The second-order valence-corrected chi connectivity index (χ2v) is 15.3. The SMILES string of the molecule is CCOC(=O)c1c(NC(=O)C(CC)Sc2cccc(NC(=O)/C(=C/c3ccco3)NC(=O)c3ccccc3)c2)sc2c1CCN(C(=O)OC(C)(C)C)C2. The monoisotopic (exact) mass is 758 g/mol. The van der Waals surface area contributed by atoms with Gasteiger partial charge in [0.05, 0.1) is 30.2 Å². The number of hydrogen-bond donors (Lipinski definition) is 3. The lowest BCUT2D eigenvalue weighted by Gasteiger charge is -2.30. The van der Waals surface area contributed by atoms with Gasteiger partial charge < -0.3 is 34.7 Å². The average molecular weight is 759 g/mol. The van der Waals surface area contributed by atoms with Gasteiger partial charge in [-0.1, -0.05) is 31.2 Å². The Morgan fingerprint density at radius 2 is 1.77 bits per heavy atom. The highest BCUT2D eigenvalue weighted by Crippen LogP contribution is 2.39. The first-order chi connectivity index (χ1) is 25.3. The van der Waals surface area contributed by atoms with E-state index in [1.165, 1.54) is 35.4 Å². The summed E-state index contributed by atoms with van der Waals surface area (Å²) in [6.07, 6.45) is 3.33. The van der Waals surface area contributed by atoms with Gasteiger partial charge in [0, 0.05) is 33.6 Å². The van der Waals surface area contributed by atoms with E-state index in [2.05, 4.69) is 16.0 Å². The van der Waals surface area contributed by atoms with E-state index in [0.29, 0.717) is 51.9 Å². The quantitative estimate of drug-likeness (QED) is 0.0748. The van der Waals surface area contributed by atoms with E-state index in [9.17, 15) is 24.0 Å². The number of esters is 1. The lowest BCUT2D eigenvalue weighted by atomic mass is 10.0. The molecule has 12 nitrogen and oxygen atoms in total. The molecule has 53 heavy (non-hydrogen) atoms. The van der Waals surface area contributed by atoms with Gasteiger partial charge in [-0.15, -0.1) is 23.1 Å². The lowest BCUT2D eigenvalue weighted by molar-refractivity contribution is -0.116. The van der Waals surface area contributed by atoms with E-state index in [0.717, 1.165) is 10.4 Å². The van der Waals surface area contributed by atoms with Gasteiger partial charge in [-0.2, -0.15) is 0 Å². The molecule has 278 valence electrons. The molecule has 0 fully saturated rings. The van der Waals surface area contributed by atoms with E-state index in [1.807, 2.05) is 13.0 Å². The molecule has 1 atom stereocenters. The Hall–Kier alpha value is -5.34. The topological polar surface area (TPSA) is 156 Å². The zero-order valence-electron chi connectivity index (χ0n) is 30.1. The molecule has 0 aliphatic carbocycles. The Morgan fingerprint density at radius 1 is 1.00 bits per heavy atom. The van der Waals surface area contributed by atoms with Crippen molar-refractivity contribution in [2.45, 2.75) is 69.8 Å². The fourth-order valence-corrected chi connectivity index (χ4v) is 7.64. The van der Waals surface area contributed by atoms with E-state index in [4.69, 9.17) is 13.9 Å². The van der Waals surface area contributed by atoms with E-state index < -0.39 is 34.7 Å². The van der Waals surface area contributed by atoms with Crippen LogP contribution in [0.4, 0.5) is 15.5 Å². The minimum absolute atomic E-state index is 0.0251. The van der Waals surface area contributed by atoms with Crippen molar-refractivity contribution in [1.82, 2.24) is 10.2 Å². The average Bonchev–Trinajstić information content (AvgIpc) is 3.77. The van der Waals surface area contributed by atoms with Crippen LogP contribution in [0, 0.1) is 0 Å². The summed E-state index contributed by atoms with van der Waals surface area (Å²) >= 11 is 2.56. The normalized spacial score (nSPS) is 13.4. The highest BCUT2D eigenvalue weighted by Gasteiger charge is 2.33. The van der Waals surface area contributed by atoms with Crippen LogP contribution in [-0.4, -0.2) is 58.7 Å². The predicted octanol–water partition coefficient (Wildman–Crippen LogP) is 7.73. The molecule has 2 aromatic carbocycles. The molecule has 0 radical (unpaired) electrons. The fourth-order valence-electron chi connectivity index (χ4n) is 5.38. The largest absolute Gasteiger partial charge is 0.465 e. The predicted molar refractivity (Wildman–Crippen MR) is 205 cm³/mol. The highest BCUT2D eigenvalue weighted by molar-refractivity contribution is 8.00. The zero-order chi connectivity index (χ0) is 38.1. The Balaban J connectivity index is 1.30. The van der Waals surface area contributed by atoms with Gasteiger partial charge in [0.2, 0.25) is 5.91 Å². The molecule has 0 saturated carbocycles. The number of rotatable bonds is 12. The van der Waals surface area contributed by atoms with Crippen molar-refractivity contribution in [3.05, 3.63) is 106 Å². The summed E-state index contributed by atoms with van der Waals surface area (Å²) in [5.41, 5.74) is 1.22. The van der Waals surface area contributed by atoms with Crippen LogP contribution < -0.4 is 16.0 Å². The third-order valence-electron chi connectivity index (χ3n) is 7.82. The molecule has 4 aromatic rings. The number of anilines is 2. The first-order valence-electron chi connectivity index (χ1n) is 17.1. The molecule has 4 amide bonds. The second kappa shape index (κ2) is 17.5. The Kier molecular flexibility index (Phi) is 12.8. The van der Waals surface area contributed by atoms with E-state index in [1.54, 1.807) is 93.3 Å². The van der Waals surface area contributed by atoms with Crippen molar-refractivity contribution < 1.29 is 37.9 Å². The molecule has 5 rings (SSSR count). The Labute approximate surface area is 316 Å². The molecule has 0 saturated heterocycles. The third kappa shape index (κ3) is 10.4. The molecular formula is C39H42N4O8S2. The molecular weight excluding hydrogens is 717 g/mol. The maximum Gasteiger partial charge on any atom is 0.410 e. The zero-order valence-corrected chi connectivity index (χ0v) is 31.8. The number of fused-ring (bicyclic) bond motifs is 1. The number of furan rings is 1. The van der Waals surface area contributed by atoms with Crippen molar-refractivity contribution in [2.24, 2.45) is 0 Å². The number of hydrogen-bond acceptors (Lipinski definition) is 10. The Bertz CT molecular complexity index is 1980. The van der Waals surface area contributed by atoms with E-state index in [-0.39, 0.29) is 24.8 Å². The number of amides is 4. The van der Waals surface area contributed by atoms with Crippen molar-refractivity contribution in [2.75, 3.05) is 23.8 Å². The van der Waals surface area contributed by atoms with Crippen LogP contribution in [0.5, 0.6) is 0 Å². The fraction of sp³-hybridized carbons (Fsp3) is 0.308. The van der Waals surface area contributed by atoms with Crippen LogP contribution in [0.2, 0.25) is 0 Å². The molecule has 0 bridgehead atoms. The van der Waals surface area contributed by atoms with Crippen LogP contribution in [0.1, 0.15) is 78.0 Å². The summed E-state index contributed by atoms with van der Waals surface area (Å²) in [6.45, 7) is 9.79. The van der Waals surface area contributed by atoms with Crippen molar-refractivity contribution >= 4 is 69.6 Å². The van der Waals surface area contributed by atoms with Crippen molar-refractivity contribution in [1.29, 1.82) is 0 Å². The number of ether oxygens (including phenoxy) is 2. The summed E-state index contributed by atoms with van der Waals surface area (Å²) in [7, 11) is 0. The smallest absolute Gasteiger partial charge is 0.410 e. The molecule has 3 heterocycles. The molecule has 1 aliphatic rings. The van der Waals surface area contributed by atoms with Crippen molar-refractivity contribution in [3.8, 4) is 0 Å². The van der Waals surface area contributed by atoms with E-state index >= 15 is 0 Å². The summed E-state index contributed by atoms with van der Waals surface area (Å²) < 4.78 is 16.3. The number of benzene rings is 2. The van der Waals surface area contributed by atoms with Gasteiger partial charge >= 0.3 is 12.1 Å². The van der Waals surface area contributed by atoms with Gasteiger partial charge in [0.25, 0.3) is 11.8 Å². The molecule has 3 N–H and O–H groups in total.